The second-order valence-electron chi connectivity index (χ2n) is 6.56. The Labute approximate surface area is 167 Å². The molecule has 140 valence electrons. The number of halogens is 2. The third-order valence-electron chi connectivity index (χ3n) is 4.68. The molecule has 4 aromatic rings. The molecule has 0 unspecified atom stereocenters. The summed E-state index contributed by atoms with van der Waals surface area (Å²) in [5.41, 5.74) is 4.13. The highest BCUT2D eigenvalue weighted by Gasteiger charge is 2.09. The highest BCUT2D eigenvalue weighted by molar-refractivity contribution is 6.31. The number of hydrogen-bond acceptors (Lipinski definition) is 3. The quantitative estimate of drug-likeness (QED) is 0.458. The summed E-state index contributed by atoms with van der Waals surface area (Å²) in [5.74, 6) is -0.0407. The average molecular weight is 393 g/mol. The van der Waals surface area contributed by atoms with Crippen LogP contribution in [0.2, 0.25) is 5.02 Å². The van der Waals surface area contributed by atoms with E-state index >= 15 is 0 Å². The maximum atomic E-state index is 13.8. The Morgan fingerprint density at radius 2 is 1.75 bits per heavy atom. The molecule has 0 aliphatic carbocycles. The van der Waals surface area contributed by atoms with Gasteiger partial charge in [0.25, 0.3) is 0 Å². The van der Waals surface area contributed by atoms with Gasteiger partial charge in [-0.15, -0.1) is 0 Å². The zero-order valence-corrected chi connectivity index (χ0v) is 15.7. The van der Waals surface area contributed by atoms with Crippen LogP contribution in [0.4, 0.5) is 4.39 Å². The Balaban J connectivity index is 1.60. The van der Waals surface area contributed by atoms with Gasteiger partial charge >= 0.3 is 0 Å². The summed E-state index contributed by atoms with van der Waals surface area (Å²) in [6.07, 6.45) is 1.75. The van der Waals surface area contributed by atoms with Crippen LogP contribution in [0.3, 0.4) is 0 Å². The molecule has 0 aliphatic rings. The molecular formula is C23H18ClFN2O. The number of aromatic nitrogens is 1. The molecular weight excluding hydrogens is 375 g/mol. The molecule has 0 aliphatic heterocycles. The zero-order chi connectivity index (χ0) is 19.5. The van der Waals surface area contributed by atoms with E-state index in [0.29, 0.717) is 23.7 Å². The van der Waals surface area contributed by atoms with E-state index in [9.17, 15) is 9.50 Å². The van der Waals surface area contributed by atoms with Gasteiger partial charge in [-0.3, -0.25) is 4.98 Å². The molecule has 3 nitrogen and oxygen atoms in total. The molecule has 0 saturated carbocycles. The number of rotatable bonds is 5. The molecule has 0 bridgehead atoms. The Bertz CT molecular complexity index is 1150. The van der Waals surface area contributed by atoms with Crippen LogP contribution in [0, 0.1) is 5.82 Å². The van der Waals surface area contributed by atoms with E-state index < -0.39 is 0 Å². The molecule has 2 N–H and O–H groups in total. The summed E-state index contributed by atoms with van der Waals surface area (Å²) < 4.78 is 13.8. The summed E-state index contributed by atoms with van der Waals surface area (Å²) in [6, 6.07) is 19.7. The maximum Gasteiger partial charge on any atom is 0.127 e. The lowest BCUT2D eigenvalue weighted by Crippen LogP contribution is -2.13. The number of phenols is 1. The molecule has 0 atom stereocenters. The van der Waals surface area contributed by atoms with Gasteiger partial charge in [0, 0.05) is 40.8 Å². The average Bonchev–Trinajstić information content (AvgIpc) is 2.70. The number of benzene rings is 3. The number of hydrogen-bond donors (Lipinski definition) is 2. The Morgan fingerprint density at radius 3 is 2.61 bits per heavy atom. The smallest absolute Gasteiger partial charge is 0.127 e. The zero-order valence-electron chi connectivity index (χ0n) is 15.0. The van der Waals surface area contributed by atoms with Gasteiger partial charge in [-0.05, 0) is 47.5 Å². The third-order valence-corrected chi connectivity index (χ3v) is 4.92. The molecule has 3 aromatic carbocycles. The Kier molecular flexibility index (Phi) is 5.24. The standard InChI is InChI=1S/C23H18ClFN2O/c24-18-6-7-20-19(9-10-27-22(20)12-18)15-5-8-23(28)17(11-15)14-26-13-16-3-1-2-4-21(16)25/h1-12,26,28H,13-14H2. The number of pyridine rings is 1. The van der Waals surface area contributed by atoms with Crippen LogP contribution in [-0.4, -0.2) is 10.1 Å². The first-order valence-corrected chi connectivity index (χ1v) is 9.30. The third kappa shape index (κ3) is 3.84. The number of fused-ring (bicyclic) bond motifs is 1. The van der Waals surface area contributed by atoms with Crippen LogP contribution in [-0.2, 0) is 13.1 Å². The van der Waals surface area contributed by atoms with E-state index in [2.05, 4.69) is 10.3 Å². The van der Waals surface area contributed by atoms with Crippen LogP contribution in [0.25, 0.3) is 22.0 Å². The Morgan fingerprint density at radius 1 is 0.929 bits per heavy atom. The van der Waals surface area contributed by atoms with Crippen molar-refractivity contribution in [3.05, 3.63) is 94.9 Å². The Hall–Kier alpha value is -2.95. The van der Waals surface area contributed by atoms with Gasteiger partial charge < -0.3 is 10.4 Å². The largest absolute Gasteiger partial charge is 0.508 e. The van der Waals surface area contributed by atoms with Crippen molar-refractivity contribution in [2.75, 3.05) is 0 Å². The van der Waals surface area contributed by atoms with Crippen molar-refractivity contribution in [3.63, 3.8) is 0 Å². The van der Waals surface area contributed by atoms with Crippen molar-refractivity contribution in [1.82, 2.24) is 10.3 Å². The first kappa shape index (κ1) is 18.4. The lowest BCUT2D eigenvalue weighted by molar-refractivity contribution is 0.464. The van der Waals surface area contributed by atoms with Gasteiger partial charge in [0.2, 0.25) is 0 Å². The molecule has 5 heteroatoms. The second-order valence-corrected chi connectivity index (χ2v) is 6.99. The maximum absolute atomic E-state index is 13.8. The fourth-order valence-electron chi connectivity index (χ4n) is 3.24. The van der Waals surface area contributed by atoms with Crippen molar-refractivity contribution in [3.8, 4) is 16.9 Å². The van der Waals surface area contributed by atoms with Gasteiger partial charge in [0.15, 0.2) is 0 Å². The van der Waals surface area contributed by atoms with Crippen molar-refractivity contribution in [1.29, 1.82) is 0 Å². The van der Waals surface area contributed by atoms with E-state index in [1.807, 2.05) is 36.4 Å². The number of phenolic OH excluding ortho intramolecular Hbond substituents is 1. The van der Waals surface area contributed by atoms with E-state index in [1.165, 1.54) is 6.07 Å². The van der Waals surface area contributed by atoms with Crippen LogP contribution < -0.4 is 5.32 Å². The molecule has 4 rings (SSSR count). The number of nitrogens with one attached hydrogen (secondary N) is 1. The van der Waals surface area contributed by atoms with Crippen LogP contribution in [0.1, 0.15) is 11.1 Å². The lowest BCUT2D eigenvalue weighted by atomic mass is 9.99. The van der Waals surface area contributed by atoms with Crippen LogP contribution >= 0.6 is 11.6 Å². The molecule has 0 amide bonds. The summed E-state index contributed by atoms with van der Waals surface area (Å²) in [4.78, 5) is 4.38. The van der Waals surface area contributed by atoms with Crippen molar-refractivity contribution in [2.45, 2.75) is 13.1 Å². The molecule has 1 heterocycles. The normalized spacial score (nSPS) is 11.1. The monoisotopic (exact) mass is 392 g/mol. The second kappa shape index (κ2) is 7.97. The molecule has 0 radical (unpaired) electrons. The van der Waals surface area contributed by atoms with Crippen molar-refractivity contribution in [2.24, 2.45) is 0 Å². The number of nitrogens with zero attached hydrogens (tertiary/aromatic N) is 1. The van der Waals surface area contributed by atoms with Crippen molar-refractivity contribution < 1.29 is 9.50 Å². The molecule has 0 spiro atoms. The van der Waals surface area contributed by atoms with Crippen LogP contribution in [0.15, 0.2) is 72.9 Å². The van der Waals surface area contributed by atoms with Gasteiger partial charge in [-0.1, -0.05) is 41.9 Å². The minimum Gasteiger partial charge on any atom is -0.508 e. The molecule has 0 saturated heterocycles. The predicted octanol–water partition coefficient (Wildman–Crippen LogP) is 5.69. The molecule has 1 aromatic heterocycles. The van der Waals surface area contributed by atoms with E-state index in [-0.39, 0.29) is 11.6 Å². The topological polar surface area (TPSA) is 45.2 Å². The summed E-state index contributed by atoms with van der Waals surface area (Å²) in [5, 5.41) is 15.1. The number of aromatic hydroxyl groups is 1. The summed E-state index contributed by atoms with van der Waals surface area (Å²) in [7, 11) is 0. The fraction of sp³-hybridized carbons (Fsp3) is 0.0870. The van der Waals surface area contributed by atoms with Gasteiger partial charge in [0.05, 0.1) is 5.52 Å². The van der Waals surface area contributed by atoms with Crippen molar-refractivity contribution >= 4 is 22.5 Å². The van der Waals surface area contributed by atoms with Gasteiger partial charge in [-0.25, -0.2) is 4.39 Å². The minimum atomic E-state index is -0.241. The first-order valence-electron chi connectivity index (χ1n) is 8.92. The summed E-state index contributed by atoms with van der Waals surface area (Å²) >= 11 is 6.07. The predicted molar refractivity (Wildman–Crippen MR) is 111 cm³/mol. The minimum absolute atomic E-state index is 0.200. The highest BCUT2D eigenvalue weighted by Crippen LogP contribution is 2.31. The van der Waals surface area contributed by atoms with E-state index in [0.717, 1.165) is 27.6 Å². The first-order chi connectivity index (χ1) is 13.6. The SMILES string of the molecule is Oc1ccc(-c2ccnc3cc(Cl)ccc23)cc1CNCc1ccccc1F. The lowest BCUT2D eigenvalue weighted by Gasteiger charge is -2.11. The highest BCUT2D eigenvalue weighted by atomic mass is 35.5. The summed E-state index contributed by atoms with van der Waals surface area (Å²) in [6.45, 7) is 0.801. The molecule has 0 fully saturated rings. The molecule has 28 heavy (non-hydrogen) atoms. The van der Waals surface area contributed by atoms with E-state index in [4.69, 9.17) is 11.6 Å². The fourth-order valence-corrected chi connectivity index (χ4v) is 3.41. The van der Waals surface area contributed by atoms with Crippen LogP contribution in [0.5, 0.6) is 5.75 Å². The van der Waals surface area contributed by atoms with Gasteiger partial charge in [-0.2, -0.15) is 0 Å². The van der Waals surface area contributed by atoms with Gasteiger partial charge in [0.1, 0.15) is 11.6 Å². The van der Waals surface area contributed by atoms with E-state index in [1.54, 1.807) is 30.5 Å².